The zero-order valence-corrected chi connectivity index (χ0v) is 11.6. The highest BCUT2D eigenvalue weighted by Gasteiger charge is 2.21. The van der Waals surface area contributed by atoms with Crippen molar-refractivity contribution in [3.05, 3.63) is 12.4 Å². The Bertz CT molecular complexity index is 343. The van der Waals surface area contributed by atoms with Gasteiger partial charge in [0, 0.05) is 38.7 Å². The lowest BCUT2D eigenvalue weighted by molar-refractivity contribution is 0.197. The molecule has 0 bridgehead atoms. The van der Waals surface area contributed by atoms with Crippen LogP contribution in [0.5, 0.6) is 0 Å². The molecule has 1 aromatic rings. The van der Waals surface area contributed by atoms with Crippen molar-refractivity contribution >= 4 is 5.95 Å². The number of nitrogens with one attached hydrogen (secondary N) is 1. The van der Waals surface area contributed by atoms with Gasteiger partial charge >= 0.3 is 0 Å². The molecule has 0 unspecified atom stereocenters. The van der Waals surface area contributed by atoms with Gasteiger partial charge in [0.2, 0.25) is 5.95 Å². The summed E-state index contributed by atoms with van der Waals surface area (Å²) in [5, 5.41) is 3.41. The Labute approximate surface area is 110 Å². The number of hydrogen-bond acceptors (Lipinski definition) is 3. The highest BCUT2D eigenvalue weighted by molar-refractivity contribution is 5.26. The van der Waals surface area contributed by atoms with E-state index in [0.717, 1.165) is 31.4 Å². The molecule has 1 N–H and O–H groups in total. The van der Waals surface area contributed by atoms with Gasteiger partial charge < -0.3 is 14.6 Å². The number of hydrogen-bond donors (Lipinski definition) is 1. The highest BCUT2D eigenvalue weighted by Crippen LogP contribution is 2.33. The third-order valence-electron chi connectivity index (χ3n) is 3.86. The molecule has 0 spiro atoms. The molecule has 0 aromatic carbocycles. The number of rotatable bonds is 6. The minimum atomic E-state index is 0.633. The number of imidazole rings is 1. The van der Waals surface area contributed by atoms with Gasteiger partial charge in [0.05, 0.1) is 0 Å². The number of methoxy groups -OCH3 is 1. The first-order valence-corrected chi connectivity index (χ1v) is 7.07. The Morgan fingerprint density at radius 1 is 1.39 bits per heavy atom. The molecule has 102 valence electrons. The molecule has 4 nitrogen and oxygen atoms in total. The summed E-state index contributed by atoms with van der Waals surface area (Å²) >= 11 is 0. The lowest BCUT2D eigenvalue weighted by Crippen LogP contribution is -2.19. The summed E-state index contributed by atoms with van der Waals surface area (Å²) < 4.78 is 7.37. The predicted octanol–water partition coefficient (Wildman–Crippen LogP) is 3.08. The molecule has 1 aliphatic carbocycles. The maximum atomic E-state index is 5.05. The molecule has 0 amide bonds. The van der Waals surface area contributed by atoms with Crippen LogP contribution in [0.15, 0.2) is 12.4 Å². The smallest absolute Gasteiger partial charge is 0.203 e. The van der Waals surface area contributed by atoms with Gasteiger partial charge in [-0.25, -0.2) is 4.98 Å². The summed E-state index contributed by atoms with van der Waals surface area (Å²) in [6.45, 7) is 4.08. The van der Waals surface area contributed by atoms with Crippen molar-refractivity contribution in [2.24, 2.45) is 5.92 Å². The van der Waals surface area contributed by atoms with Crippen LogP contribution in [-0.2, 0) is 4.74 Å². The van der Waals surface area contributed by atoms with E-state index in [1.54, 1.807) is 7.11 Å². The summed E-state index contributed by atoms with van der Waals surface area (Å²) in [6, 6.07) is 0.633. The van der Waals surface area contributed by atoms with E-state index in [4.69, 9.17) is 4.74 Å². The molecule has 0 aliphatic heterocycles. The zero-order chi connectivity index (χ0) is 12.8. The van der Waals surface area contributed by atoms with Crippen LogP contribution in [0.4, 0.5) is 5.95 Å². The fourth-order valence-corrected chi connectivity index (χ4v) is 2.68. The summed E-state index contributed by atoms with van der Waals surface area (Å²) in [4.78, 5) is 4.42. The predicted molar refractivity (Wildman–Crippen MR) is 73.9 cm³/mol. The normalized spacial score (nSPS) is 24.1. The molecule has 4 heteroatoms. The topological polar surface area (TPSA) is 39.1 Å². The standard InChI is InChI=1S/C14H25N3O/c1-12-4-6-13(7-5-12)17-10-9-16-14(17)15-8-3-11-18-2/h9-10,12-13H,3-8,11H2,1-2H3,(H,15,16). The van der Waals surface area contributed by atoms with Crippen LogP contribution in [0.1, 0.15) is 45.1 Å². The Morgan fingerprint density at radius 2 is 2.17 bits per heavy atom. The van der Waals surface area contributed by atoms with E-state index < -0.39 is 0 Å². The maximum absolute atomic E-state index is 5.05. The average Bonchev–Trinajstić information content (AvgIpc) is 2.84. The van der Waals surface area contributed by atoms with Gasteiger partial charge in [0.1, 0.15) is 0 Å². The van der Waals surface area contributed by atoms with E-state index in [1.165, 1.54) is 25.7 Å². The molecule has 18 heavy (non-hydrogen) atoms. The van der Waals surface area contributed by atoms with Gasteiger partial charge in [0.15, 0.2) is 0 Å². The lowest BCUT2D eigenvalue weighted by Gasteiger charge is -2.28. The van der Waals surface area contributed by atoms with Gasteiger partial charge in [-0.3, -0.25) is 0 Å². The van der Waals surface area contributed by atoms with Crippen LogP contribution >= 0.6 is 0 Å². The second-order valence-electron chi connectivity index (χ2n) is 5.34. The second kappa shape index (κ2) is 6.78. The molecule has 1 heterocycles. The van der Waals surface area contributed by atoms with Gasteiger partial charge in [0.25, 0.3) is 0 Å². The van der Waals surface area contributed by atoms with E-state index in [0.29, 0.717) is 6.04 Å². The monoisotopic (exact) mass is 251 g/mol. The maximum Gasteiger partial charge on any atom is 0.203 e. The molecular formula is C14H25N3O. The summed E-state index contributed by atoms with van der Waals surface area (Å²) in [5.41, 5.74) is 0. The number of aromatic nitrogens is 2. The minimum absolute atomic E-state index is 0.633. The molecular weight excluding hydrogens is 226 g/mol. The summed E-state index contributed by atoms with van der Waals surface area (Å²) in [6.07, 6.45) is 10.3. The minimum Gasteiger partial charge on any atom is -0.385 e. The SMILES string of the molecule is COCCCNc1nccn1C1CCC(C)CC1. The molecule has 0 radical (unpaired) electrons. The zero-order valence-electron chi connectivity index (χ0n) is 11.6. The fraction of sp³-hybridized carbons (Fsp3) is 0.786. The summed E-state index contributed by atoms with van der Waals surface area (Å²) in [7, 11) is 1.74. The molecule has 1 aromatic heterocycles. The van der Waals surface area contributed by atoms with Crippen molar-refractivity contribution < 1.29 is 4.74 Å². The molecule has 0 atom stereocenters. The van der Waals surface area contributed by atoms with Gasteiger partial charge in [-0.05, 0) is 38.0 Å². The van der Waals surface area contributed by atoms with Crippen molar-refractivity contribution in [2.45, 2.75) is 45.1 Å². The van der Waals surface area contributed by atoms with Gasteiger partial charge in [-0.15, -0.1) is 0 Å². The van der Waals surface area contributed by atoms with Crippen LogP contribution in [0.25, 0.3) is 0 Å². The van der Waals surface area contributed by atoms with Gasteiger partial charge in [-0.1, -0.05) is 6.92 Å². The third kappa shape index (κ3) is 3.48. The van der Waals surface area contributed by atoms with Crippen LogP contribution in [0, 0.1) is 5.92 Å². The Morgan fingerprint density at radius 3 is 2.89 bits per heavy atom. The largest absolute Gasteiger partial charge is 0.385 e. The number of anilines is 1. The van der Waals surface area contributed by atoms with Crippen molar-refractivity contribution in [2.75, 3.05) is 25.6 Å². The Hall–Kier alpha value is -1.03. The van der Waals surface area contributed by atoms with E-state index in [-0.39, 0.29) is 0 Å². The van der Waals surface area contributed by atoms with Crippen LogP contribution < -0.4 is 5.32 Å². The molecule has 1 saturated carbocycles. The van der Waals surface area contributed by atoms with Crippen molar-refractivity contribution in [3.8, 4) is 0 Å². The van der Waals surface area contributed by atoms with Crippen molar-refractivity contribution in [1.82, 2.24) is 9.55 Å². The number of nitrogens with zero attached hydrogens (tertiary/aromatic N) is 2. The van der Waals surface area contributed by atoms with Crippen LogP contribution in [0.3, 0.4) is 0 Å². The second-order valence-corrected chi connectivity index (χ2v) is 5.34. The molecule has 1 fully saturated rings. The first-order chi connectivity index (χ1) is 8.81. The summed E-state index contributed by atoms with van der Waals surface area (Å²) in [5.74, 6) is 1.91. The van der Waals surface area contributed by atoms with Crippen molar-refractivity contribution in [1.29, 1.82) is 0 Å². The lowest BCUT2D eigenvalue weighted by atomic mass is 9.87. The van der Waals surface area contributed by atoms with Gasteiger partial charge in [-0.2, -0.15) is 0 Å². The first kappa shape index (κ1) is 13.4. The third-order valence-corrected chi connectivity index (χ3v) is 3.86. The Kier molecular flexibility index (Phi) is 5.05. The highest BCUT2D eigenvalue weighted by atomic mass is 16.5. The first-order valence-electron chi connectivity index (χ1n) is 7.07. The van der Waals surface area contributed by atoms with Crippen LogP contribution in [0.2, 0.25) is 0 Å². The van der Waals surface area contributed by atoms with E-state index >= 15 is 0 Å². The number of ether oxygens (including phenoxy) is 1. The van der Waals surface area contributed by atoms with Crippen LogP contribution in [-0.4, -0.2) is 29.8 Å². The molecule has 0 saturated heterocycles. The molecule has 1 aliphatic rings. The average molecular weight is 251 g/mol. The van der Waals surface area contributed by atoms with Crippen molar-refractivity contribution in [3.63, 3.8) is 0 Å². The Balaban J connectivity index is 1.87. The van der Waals surface area contributed by atoms with E-state index in [9.17, 15) is 0 Å². The fourth-order valence-electron chi connectivity index (χ4n) is 2.68. The quantitative estimate of drug-likeness (QED) is 0.790. The molecule has 2 rings (SSSR count). The van der Waals surface area contributed by atoms with E-state index in [1.807, 2.05) is 6.20 Å². The van der Waals surface area contributed by atoms with E-state index in [2.05, 4.69) is 28.0 Å².